The molecule has 146 valence electrons. The summed E-state index contributed by atoms with van der Waals surface area (Å²) in [5, 5.41) is 6.29. The SMILES string of the molecule is CN=C(NCc1ccc(OC)cc1)NCc1cccc(OCC(F)(F)F)c1. The van der Waals surface area contributed by atoms with Crippen molar-refractivity contribution < 1.29 is 22.6 Å². The maximum absolute atomic E-state index is 12.2. The molecule has 2 aromatic rings. The zero-order valence-corrected chi connectivity index (χ0v) is 15.1. The van der Waals surface area contributed by atoms with Gasteiger partial charge in [-0.05, 0) is 35.4 Å². The van der Waals surface area contributed by atoms with Crippen molar-refractivity contribution in [3.8, 4) is 11.5 Å². The van der Waals surface area contributed by atoms with Gasteiger partial charge in [-0.3, -0.25) is 4.99 Å². The highest BCUT2D eigenvalue weighted by atomic mass is 19.4. The number of methoxy groups -OCH3 is 1. The van der Waals surface area contributed by atoms with Gasteiger partial charge in [0, 0.05) is 20.1 Å². The van der Waals surface area contributed by atoms with E-state index >= 15 is 0 Å². The molecule has 0 fully saturated rings. The van der Waals surface area contributed by atoms with E-state index in [9.17, 15) is 13.2 Å². The molecule has 0 heterocycles. The fraction of sp³-hybridized carbons (Fsp3) is 0.316. The van der Waals surface area contributed by atoms with Crippen molar-refractivity contribution in [2.75, 3.05) is 20.8 Å². The lowest BCUT2D eigenvalue weighted by molar-refractivity contribution is -0.153. The van der Waals surface area contributed by atoms with Crippen molar-refractivity contribution >= 4 is 5.96 Å². The molecule has 0 radical (unpaired) electrons. The van der Waals surface area contributed by atoms with Crippen LogP contribution < -0.4 is 20.1 Å². The largest absolute Gasteiger partial charge is 0.497 e. The maximum Gasteiger partial charge on any atom is 0.422 e. The molecule has 8 heteroatoms. The summed E-state index contributed by atoms with van der Waals surface area (Å²) < 4.78 is 46.6. The number of alkyl halides is 3. The summed E-state index contributed by atoms with van der Waals surface area (Å²) in [6, 6.07) is 14.1. The third-order valence-corrected chi connectivity index (χ3v) is 3.60. The Balaban J connectivity index is 1.84. The van der Waals surface area contributed by atoms with E-state index in [0.717, 1.165) is 16.9 Å². The smallest absolute Gasteiger partial charge is 0.422 e. The molecule has 0 saturated carbocycles. The molecule has 2 N–H and O–H groups in total. The fourth-order valence-corrected chi connectivity index (χ4v) is 2.25. The Hall–Kier alpha value is -2.90. The van der Waals surface area contributed by atoms with E-state index in [1.54, 1.807) is 32.4 Å². The fourth-order valence-electron chi connectivity index (χ4n) is 2.25. The van der Waals surface area contributed by atoms with Crippen LogP contribution in [0.15, 0.2) is 53.5 Å². The van der Waals surface area contributed by atoms with Crippen LogP contribution in [0.4, 0.5) is 13.2 Å². The lowest BCUT2D eigenvalue weighted by Crippen LogP contribution is -2.36. The molecule has 0 spiro atoms. The van der Waals surface area contributed by atoms with E-state index in [-0.39, 0.29) is 5.75 Å². The summed E-state index contributed by atoms with van der Waals surface area (Å²) in [6.45, 7) is -0.348. The number of ether oxygens (including phenoxy) is 2. The average molecular weight is 381 g/mol. The first-order valence-corrected chi connectivity index (χ1v) is 8.25. The van der Waals surface area contributed by atoms with E-state index in [4.69, 9.17) is 9.47 Å². The Labute approximate surface area is 156 Å². The number of aliphatic imine (C=N–C) groups is 1. The zero-order chi connectivity index (χ0) is 19.7. The second-order valence-corrected chi connectivity index (χ2v) is 5.68. The lowest BCUT2D eigenvalue weighted by Gasteiger charge is -2.13. The number of hydrogen-bond acceptors (Lipinski definition) is 3. The molecular formula is C19H22F3N3O2. The van der Waals surface area contributed by atoms with Crippen LogP contribution in [0.2, 0.25) is 0 Å². The average Bonchev–Trinajstić information content (AvgIpc) is 2.67. The standard InChI is InChI=1S/C19H22F3N3O2/c1-23-18(24-11-14-6-8-16(26-2)9-7-14)25-12-15-4-3-5-17(10-15)27-13-19(20,21)22/h3-10H,11-13H2,1-2H3,(H2,23,24,25). The molecule has 0 bridgehead atoms. The first-order chi connectivity index (χ1) is 12.9. The molecule has 5 nitrogen and oxygen atoms in total. The lowest BCUT2D eigenvalue weighted by atomic mass is 10.2. The molecule has 0 unspecified atom stereocenters. The molecule has 0 aliphatic carbocycles. The van der Waals surface area contributed by atoms with Gasteiger partial charge in [-0.1, -0.05) is 24.3 Å². The minimum absolute atomic E-state index is 0.174. The van der Waals surface area contributed by atoms with Crippen molar-refractivity contribution in [1.29, 1.82) is 0 Å². The minimum Gasteiger partial charge on any atom is -0.497 e. The number of nitrogens with one attached hydrogen (secondary N) is 2. The quantitative estimate of drug-likeness (QED) is 0.569. The van der Waals surface area contributed by atoms with E-state index < -0.39 is 12.8 Å². The van der Waals surface area contributed by atoms with Gasteiger partial charge in [-0.15, -0.1) is 0 Å². The summed E-state index contributed by atoms with van der Waals surface area (Å²) >= 11 is 0. The minimum atomic E-state index is -4.36. The topological polar surface area (TPSA) is 54.9 Å². The summed E-state index contributed by atoms with van der Waals surface area (Å²) in [5.74, 6) is 1.54. The van der Waals surface area contributed by atoms with Crippen LogP contribution in [0.3, 0.4) is 0 Å². The van der Waals surface area contributed by atoms with Gasteiger partial charge >= 0.3 is 6.18 Å². The van der Waals surface area contributed by atoms with Gasteiger partial charge in [0.1, 0.15) is 11.5 Å². The summed E-state index contributed by atoms with van der Waals surface area (Å²) in [7, 11) is 3.26. The number of nitrogens with zero attached hydrogens (tertiary/aromatic N) is 1. The van der Waals surface area contributed by atoms with Crippen LogP contribution in [-0.4, -0.2) is 32.9 Å². The molecule has 2 rings (SSSR count). The maximum atomic E-state index is 12.2. The van der Waals surface area contributed by atoms with Crippen molar-refractivity contribution in [2.24, 2.45) is 4.99 Å². The van der Waals surface area contributed by atoms with Crippen molar-refractivity contribution in [3.63, 3.8) is 0 Å². The van der Waals surface area contributed by atoms with Crippen molar-refractivity contribution in [1.82, 2.24) is 10.6 Å². The number of hydrogen-bond donors (Lipinski definition) is 2. The first kappa shape index (κ1) is 20.4. The molecule has 0 aliphatic rings. The first-order valence-electron chi connectivity index (χ1n) is 8.25. The van der Waals surface area contributed by atoms with Gasteiger partial charge in [0.15, 0.2) is 12.6 Å². The van der Waals surface area contributed by atoms with Crippen molar-refractivity contribution in [2.45, 2.75) is 19.3 Å². The van der Waals surface area contributed by atoms with E-state index in [0.29, 0.717) is 19.0 Å². The van der Waals surface area contributed by atoms with Crippen LogP contribution in [-0.2, 0) is 13.1 Å². The second kappa shape index (κ2) is 9.70. The number of rotatable bonds is 7. The van der Waals surface area contributed by atoms with Crippen LogP contribution in [0.1, 0.15) is 11.1 Å². The zero-order valence-electron chi connectivity index (χ0n) is 15.1. The van der Waals surface area contributed by atoms with Crippen LogP contribution in [0.5, 0.6) is 11.5 Å². The second-order valence-electron chi connectivity index (χ2n) is 5.68. The summed E-state index contributed by atoms with van der Waals surface area (Å²) in [6.07, 6.45) is -4.36. The van der Waals surface area contributed by atoms with Gasteiger partial charge in [0.05, 0.1) is 7.11 Å². The van der Waals surface area contributed by atoms with Gasteiger partial charge in [0.25, 0.3) is 0 Å². The Morgan fingerprint density at radius 1 is 0.963 bits per heavy atom. The Morgan fingerprint density at radius 3 is 2.22 bits per heavy atom. The Morgan fingerprint density at radius 2 is 1.63 bits per heavy atom. The van der Waals surface area contributed by atoms with Crippen LogP contribution >= 0.6 is 0 Å². The number of benzene rings is 2. The molecule has 0 saturated heterocycles. The molecule has 0 aliphatic heterocycles. The van der Waals surface area contributed by atoms with Gasteiger partial charge in [-0.2, -0.15) is 13.2 Å². The summed E-state index contributed by atoms with van der Waals surface area (Å²) in [5.41, 5.74) is 1.84. The predicted octanol–water partition coefficient (Wildman–Crippen LogP) is 3.50. The van der Waals surface area contributed by atoms with Crippen LogP contribution in [0, 0.1) is 0 Å². The number of guanidine groups is 1. The van der Waals surface area contributed by atoms with Gasteiger partial charge < -0.3 is 20.1 Å². The molecule has 0 atom stereocenters. The van der Waals surface area contributed by atoms with E-state index in [1.807, 2.05) is 24.3 Å². The highest BCUT2D eigenvalue weighted by Crippen LogP contribution is 2.19. The highest BCUT2D eigenvalue weighted by molar-refractivity contribution is 5.79. The van der Waals surface area contributed by atoms with Gasteiger partial charge in [-0.25, -0.2) is 0 Å². The molecule has 0 aromatic heterocycles. The van der Waals surface area contributed by atoms with Gasteiger partial charge in [0.2, 0.25) is 0 Å². The number of halogens is 3. The molecular weight excluding hydrogens is 359 g/mol. The predicted molar refractivity (Wildman–Crippen MR) is 98.0 cm³/mol. The molecule has 27 heavy (non-hydrogen) atoms. The van der Waals surface area contributed by atoms with Crippen molar-refractivity contribution in [3.05, 3.63) is 59.7 Å². The summed E-state index contributed by atoms with van der Waals surface area (Å²) in [4.78, 5) is 4.13. The van der Waals surface area contributed by atoms with Crippen LogP contribution in [0.25, 0.3) is 0 Å². The molecule has 2 aromatic carbocycles. The molecule has 0 amide bonds. The third kappa shape index (κ3) is 7.47. The highest BCUT2D eigenvalue weighted by Gasteiger charge is 2.28. The Kier molecular flexibility index (Phi) is 7.34. The Bertz CT molecular complexity index is 747. The third-order valence-electron chi connectivity index (χ3n) is 3.60. The van der Waals surface area contributed by atoms with E-state index in [1.165, 1.54) is 6.07 Å². The normalized spacial score (nSPS) is 11.8. The monoisotopic (exact) mass is 381 g/mol. The van der Waals surface area contributed by atoms with E-state index in [2.05, 4.69) is 15.6 Å².